The van der Waals surface area contributed by atoms with Gasteiger partial charge in [-0.25, -0.2) is 17.8 Å². The van der Waals surface area contributed by atoms with Crippen molar-refractivity contribution < 1.29 is 22.3 Å². The van der Waals surface area contributed by atoms with Crippen molar-refractivity contribution in [2.75, 3.05) is 19.4 Å². The van der Waals surface area contributed by atoms with Gasteiger partial charge in [-0.3, -0.25) is 4.79 Å². The Morgan fingerprint density at radius 2 is 1.81 bits per heavy atom. The molecule has 3 aromatic rings. The number of rotatable bonds is 4. The lowest BCUT2D eigenvalue weighted by atomic mass is 10.0. The highest BCUT2D eigenvalue weighted by atomic mass is 32.2. The van der Waals surface area contributed by atoms with Gasteiger partial charge in [0.1, 0.15) is 11.4 Å². The summed E-state index contributed by atoms with van der Waals surface area (Å²) in [6.07, 6.45) is 1.55. The van der Waals surface area contributed by atoms with Gasteiger partial charge in [0.15, 0.2) is 0 Å². The van der Waals surface area contributed by atoms with Gasteiger partial charge >= 0.3 is 0 Å². The lowest BCUT2D eigenvalue weighted by Gasteiger charge is -2.27. The predicted octanol–water partition coefficient (Wildman–Crippen LogP) is 3.42. The Labute approximate surface area is 185 Å². The maximum atomic E-state index is 13.7. The molecule has 32 heavy (non-hydrogen) atoms. The second kappa shape index (κ2) is 8.66. The molecular formula is C23H22FN3O4S. The van der Waals surface area contributed by atoms with Crippen LogP contribution in [0.3, 0.4) is 0 Å². The van der Waals surface area contributed by atoms with Crippen molar-refractivity contribution in [1.29, 1.82) is 0 Å². The van der Waals surface area contributed by atoms with Crippen LogP contribution >= 0.6 is 0 Å². The SMILES string of the molecule is Cc1ccccc1-c1nc(S(C)(=O)=O)nc2c1C(=O)N(Cc1ccc(F)cc1)CCCO2. The van der Waals surface area contributed by atoms with E-state index >= 15 is 0 Å². The summed E-state index contributed by atoms with van der Waals surface area (Å²) < 4.78 is 43.5. The number of amides is 1. The van der Waals surface area contributed by atoms with Crippen LogP contribution in [0.15, 0.2) is 53.7 Å². The molecule has 2 heterocycles. The standard InChI is InChI=1S/C23H22FN3O4S/c1-15-6-3-4-7-18(15)20-19-21(26-23(25-20)32(2,29)30)31-13-5-12-27(22(19)28)14-16-8-10-17(24)11-9-16/h3-4,6-11H,5,12-14H2,1-2H3. The van der Waals surface area contributed by atoms with E-state index < -0.39 is 15.0 Å². The Balaban J connectivity index is 1.88. The molecule has 0 aliphatic carbocycles. The molecule has 0 atom stereocenters. The second-order valence-electron chi connectivity index (χ2n) is 7.68. The highest BCUT2D eigenvalue weighted by Crippen LogP contribution is 2.33. The quantitative estimate of drug-likeness (QED) is 0.560. The molecule has 0 fully saturated rings. The molecule has 0 bridgehead atoms. The summed E-state index contributed by atoms with van der Waals surface area (Å²) in [5, 5.41) is -0.395. The molecule has 166 valence electrons. The van der Waals surface area contributed by atoms with Crippen LogP contribution in [0.1, 0.15) is 27.9 Å². The number of halogens is 1. The molecule has 2 aromatic carbocycles. The normalized spacial score (nSPS) is 14.3. The first-order valence-corrected chi connectivity index (χ1v) is 12.0. The van der Waals surface area contributed by atoms with Gasteiger partial charge in [-0.15, -0.1) is 0 Å². The number of fused-ring (bicyclic) bond motifs is 1. The molecule has 1 aliphatic heterocycles. The molecule has 0 N–H and O–H groups in total. The van der Waals surface area contributed by atoms with E-state index in [1.54, 1.807) is 29.2 Å². The number of ether oxygens (including phenoxy) is 1. The van der Waals surface area contributed by atoms with E-state index in [-0.39, 0.29) is 42.0 Å². The number of carbonyl (C=O) groups is 1. The van der Waals surface area contributed by atoms with Crippen LogP contribution in [0.4, 0.5) is 4.39 Å². The minimum absolute atomic E-state index is 0.0486. The minimum Gasteiger partial charge on any atom is -0.477 e. The molecule has 7 nitrogen and oxygen atoms in total. The Morgan fingerprint density at radius 3 is 2.50 bits per heavy atom. The summed E-state index contributed by atoms with van der Waals surface area (Å²) in [6, 6.07) is 13.2. The zero-order chi connectivity index (χ0) is 22.9. The fraction of sp³-hybridized carbons (Fsp3) is 0.261. The Bertz CT molecular complexity index is 1280. The highest BCUT2D eigenvalue weighted by molar-refractivity contribution is 7.90. The number of hydrogen-bond donors (Lipinski definition) is 0. The van der Waals surface area contributed by atoms with Crippen molar-refractivity contribution in [1.82, 2.24) is 14.9 Å². The van der Waals surface area contributed by atoms with E-state index in [4.69, 9.17) is 4.74 Å². The van der Waals surface area contributed by atoms with E-state index in [2.05, 4.69) is 9.97 Å². The van der Waals surface area contributed by atoms with Crippen LogP contribution in [-0.4, -0.2) is 48.6 Å². The lowest BCUT2D eigenvalue weighted by Crippen LogP contribution is -2.35. The zero-order valence-corrected chi connectivity index (χ0v) is 18.5. The van der Waals surface area contributed by atoms with Crippen LogP contribution in [0.25, 0.3) is 11.3 Å². The van der Waals surface area contributed by atoms with Crippen molar-refractivity contribution in [3.63, 3.8) is 0 Å². The molecule has 9 heteroatoms. The number of aryl methyl sites for hydroxylation is 1. The first-order chi connectivity index (χ1) is 15.2. The molecule has 4 rings (SSSR count). The smallest absolute Gasteiger partial charge is 0.261 e. The monoisotopic (exact) mass is 455 g/mol. The first-order valence-electron chi connectivity index (χ1n) is 10.1. The summed E-state index contributed by atoms with van der Waals surface area (Å²) in [6.45, 7) is 2.79. The number of aromatic nitrogens is 2. The number of benzene rings is 2. The van der Waals surface area contributed by atoms with Crippen LogP contribution in [0.5, 0.6) is 5.88 Å². The van der Waals surface area contributed by atoms with Crippen molar-refractivity contribution >= 4 is 15.7 Å². The molecule has 0 spiro atoms. The van der Waals surface area contributed by atoms with Gasteiger partial charge in [0, 0.05) is 24.9 Å². The number of nitrogens with zero attached hydrogens (tertiary/aromatic N) is 3. The van der Waals surface area contributed by atoms with Gasteiger partial charge in [-0.1, -0.05) is 36.4 Å². The summed E-state index contributed by atoms with van der Waals surface area (Å²) in [5.41, 5.74) is 2.55. The zero-order valence-electron chi connectivity index (χ0n) is 17.7. The Kier molecular flexibility index (Phi) is 5.92. The topological polar surface area (TPSA) is 89.5 Å². The second-order valence-corrected chi connectivity index (χ2v) is 9.59. The molecular weight excluding hydrogens is 433 g/mol. The summed E-state index contributed by atoms with van der Waals surface area (Å²) >= 11 is 0. The van der Waals surface area contributed by atoms with Gasteiger partial charge in [-0.05, 0) is 36.6 Å². The van der Waals surface area contributed by atoms with Crippen molar-refractivity contribution in [3.8, 4) is 17.1 Å². The molecule has 0 unspecified atom stereocenters. The molecule has 1 aliphatic rings. The summed E-state index contributed by atoms with van der Waals surface area (Å²) in [4.78, 5) is 23.7. The Hall–Kier alpha value is -3.33. The van der Waals surface area contributed by atoms with E-state index in [1.165, 1.54) is 12.1 Å². The third-order valence-corrected chi connectivity index (χ3v) is 6.03. The fourth-order valence-electron chi connectivity index (χ4n) is 3.56. The van der Waals surface area contributed by atoms with Gasteiger partial charge in [0.2, 0.25) is 15.7 Å². The molecule has 1 amide bonds. The van der Waals surface area contributed by atoms with E-state index in [1.807, 2.05) is 19.1 Å². The Morgan fingerprint density at radius 1 is 1.09 bits per heavy atom. The summed E-state index contributed by atoms with van der Waals surface area (Å²) in [5.74, 6) is -0.773. The van der Waals surface area contributed by atoms with Crippen LogP contribution < -0.4 is 4.74 Å². The van der Waals surface area contributed by atoms with Crippen molar-refractivity contribution in [2.45, 2.75) is 25.0 Å². The van der Waals surface area contributed by atoms with Crippen molar-refractivity contribution in [3.05, 3.63) is 71.0 Å². The number of carbonyl (C=O) groups excluding carboxylic acids is 1. The van der Waals surface area contributed by atoms with E-state index in [0.29, 0.717) is 18.5 Å². The average molecular weight is 456 g/mol. The third-order valence-electron chi connectivity index (χ3n) is 5.19. The third kappa shape index (κ3) is 4.47. The van der Waals surface area contributed by atoms with Crippen LogP contribution in [-0.2, 0) is 16.4 Å². The predicted molar refractivity (Wildman–Crippen MR) is 117 cm³/mol. The van der Waals surface area contributed by atoms with Gasteiger partial charge in [0.25, 0.3) is 11.1 Å². The molecule has 0 saturated heterocycles. The van der Waals surface area contributed by atoms with Gasteiger partial charge in [0.05, 0.1) is 12.3 Å². The average Bonchev–Trinajstić information content (AvgIpc) is 2.75. The largest absolute Gasteiger partial charge is 0.477 e. The van der Waals surface area contributed by atoms with Gasteiger partial charge in [-0.2, -0.15) is 4.98 Å². The number of sulfone groups is 1. The van der Waals surface area contributed by atoms with Gasteiger partial charge < -0.3 is 9.64 Å². The fourth-order valence-corrected chi connectivity index (χ4v) is 4.07. The maximum Gasteiger partial charge on any atom is 0.261 e. The van der Waals surface area contributed by atoms with Crippen molar-refractivity contribution in [2.24, 2.45) is 0 Å². The van der Waals surface area contributed by atoms with E-state index in [9.17, 15) is 17.6 Å². The lowest BCUT2D eigenvalue weighted by molar-refractivity contribution is 0.0709. The highest BCUT2D eigenvalue weighted by Gasteiger charge is 2.31. The molecule has 0 radical (unpaired) electrons. The molecule has 1 aromatic heterocycles. The maximum absolute atomic E-state index is 13.7. The van der Waals surface area contributed by atoms with Crippen LogP contribution in [0, 0.1) is 12.7 Å². The number of hydrogen-bond acceptors (Lipinski definition) is 6. The first kappa shape index (κ1) is 21.9. The minimum atomic E-state index is -3.75. The summed E-state index contributed by atoms with van der Waals surface area (Å²) in [7, 11) is -3.75. The van der Waals surface area contributed by atoms with Crippen LogP contribution in [0.2, 0.25) is 0 Å². The molecule has 0 saturated carbocycles. The van der Waals surface area contributed by atoms with E-state index in [0.717, 1.165) is 17.4 Å².